The molecule has 8 aliphatic carbocycles. The third-order valence-corrected chi connectivity index (χ3v) is 14.3. The van der Waals surface area contributed by atoms with Crippen LogP contribution >= 0.6 is 22.7 Å². The maximum atomic E-state index is 2.57. The van der Waals surface area contributed by atoms with E-state index in [0.29, 0.717) is 10.8 Å². The summed E-state index contributed by atoms with van der Waals surface area (Å²) in [7, 11) is 0. The van der Waals surface area contributed by atoms with E-state index in [2.05, 4.69) is 46.9 Å². The zero-order valence-electron chi connectivity index (χ0n) is 17.1. The molecule has 8 saturated carbocycles. The fourth-order valence-corrected chi connectivity index (χ4v) is 14.0. The van der Waals surface area contributed by atoms with Crippen LogP contribution in [-0.4, -0.2) is 0 Å². The molecule has 0 amide bonds. The molecule has 0 aliphatic heterocycles. The van der Waals surface area contributed by atoms with Gasteiger partial charge >= 0.3 is 0 Å². The molecule has 2 aromatic heterocycles. The number of rotatable bonds is 3. The van der Waals surface area contributed by atoms with Gasteiger partial charge in [0.05, 0.1) is 0 Å². The van der Waals surface area contributed by atoms with Gasteiger partial charge in [-0.15, -0.1) is 22.7 Å². The summed E-state index contributed by atoms with van der Waals surface area (Å²) in [5.41, 5.74) is 1.21. The van der Waals surface area contributed by atoms with Gasteiger partial charge in [-0.25, -0.2) is 0 Å². The molecule has 2 heterocycles. The van der Waals surface area contributed by atoms with E-state index in [0.717, 1.165) is 47.3 Å². The first-order chi connectivity index (χ1) is 14.2. The lowest BCUT2D eigenvalue weighted by atomic mass is 9.60. The minimum atomic E-state index is 0.597. The average Bonchev–Trinajstić information content (AvgIpc) is 3.53. The van der Waals surface area contributed by atoms with Crippen LogP contribution in [0.3, 0.4) is 0 Å². The van der Waals surface area contributed by atoms with Crippen molar-refractivity contribution in [2.75, 3.05) is 0 Å². The van der Waals surface area contributed by atoms with Gasteiger partial charge in [0.2, 0.25) is 0 Å². The van der Waals surface area contributed by atoms with Crippen LogP contribution in [0.1, 0.15) is 67.5 Å². The first kappa shape index (κ1) is 16.1. The van der Waals surface area contributed by atoms with Crippen LogP contribution in [-0.2, 0) is 10.8 Å². The van der Waals surface area contributed by atoms with Crippen molar-refractivity contribution in [3.8, 4) is 9.75 Å². The Morgan fingerprint density at radius 2 is 1.24 bits per heavy atom. The molecule has 0 N–H and O–H groups in total. The highest BCUT2D eigenvalue weighted by molar-refractivity contribution is 7.22. The van der Waals surface area contributed by atoms with E-state index < -0.39 is 0 Å². The van der Waals surface area contributed by atoms with Crippen LogP contribution in [0.4, 0.5) is 0 Å². The van der Waals surface area contributed by atoms with Crippen molar-refractivity contribution in [1.82, 2.24) is 0 Å². The van der Waals surface area contributed by atoms with E-state index in [1.165, 1.54) is 12.8 Å². The summed E-state index contributed by atoms with van der Waals surface area (Å²) < 4.78 is 0. The fraction of sp³-hybridized carbons (Fsp3) is 0.704. The fourth-order valence-electron chi connectivity index (χ4n) is 11.4. The highest BCUT2D eigenvalue weighted by Gasteiger charge is 2.73. The Bertz CT molecular complexity index is 1010. The predicted molar refractivity (Wildman–Crippen MR) is 120 cm³/mol. The molecule has 0 spiro atoms. The van der Waals surface area contributed by atoms with E-state index in [9.17, 15) is 0 Å². The molecule has 8 fully saturated rings. The lowest BCUT2D eigenvalue weighted by Gasteiger charge is -2.45. The summed E-state index contributed by atoms with van der Waals surface area (Å²) in [4.78, 5) is 6.71. The summed E-state index contributed by atoms with van der Waals surface area (Å²) in [5.74, 6) is 8.65. The SMILES string of the molecule is c1cc(C23CC4CC(CC2C4)C3)sc1-c1ccc(C23CC4CC5CC(C2)C4C53)s1. The molecule has 8 aliphatic rings. The molecule has 29 heavy (non-hydrogen) atoms. The maximum Gasteiger partial charge on any atom is 0.0445 e. The van der Waals surface area contributed by atoms with Crippen LogP contribution in [0.2, 0.25) is 0 Å². The highest BCUT2D eigenvalue weighted by Crippen LogP contribution is 2.78. The topological polar surface area (TPSA) is 0 Å². The Labute approximate surface area is 182 Å². The van der Waals surface area contributed by atoms with Gasteiger partial charge in [-0.1, -0.05) is 0 Å². The molecular weight excluding hydrogens is 388 g/mol. The van der Waals surface area contributed by atoms with Crippen LogP contribution in [0.25, 0.3) is 9.75 Å². The zero-order chi connectivity index (χ0) is 18.5. The molecule has 5 unspecified atom stereocenters. The van der Waals surface area contributed by atoms with Crippen molar-refractivity contribution in [2.45, 2.75) is 68.6 Å². The van der Waals surface area contributed by atoms with Crippen molar-refractivity contribution in [2.24, 2.45) is 47.3 Å². The van der Waals surface area contributed by atoms with Gasteiger partial charge < -0.3 is 0 Å². The number of hydrogen-bond donors (Lipinski definition) is 0. The molecule has 0 aromatic carbocycles. The minimum absolute atomic E-state index is 0.597. The third-order valence-electron chi connectivity index (χ3n) is 11.5. The Morgan fingerprint density at radius 1 is 0.621 bits per heavy atom. The van der Waals surface area contributed by atoms with E-state index in [4.69, 9.17) is 0 Å². The van der Waals surface area contributed by atoms with Gasteiger partial charge in [-0.3, -0.25) is 0 Å². The van der Waals surface area contributed by atoms with E-state index in [1.54, 1.807) is 64.5 Å². The average molecular weight is 419 g/mol. The van der Waals surface area contributed by atoms with Gasteiger partial charge in [0.15, 0.2) is 0 Å². The molecule has 0 saturated heterocycles. The number of hydrogen-bond acceptors (Lipinski definition) is 2. The van der Waals surface area contributed by atoms with Crippen LogP contribution < -0.4 is 0 Å². The summed E-state index contributed by atoms with van der Waals surface area (Å²) in [5, 5.41) is 0. The Morgan fingerprint density at radius 3 is 1.83 bits per heavy atom. The molecular formula is C27H30S2. The smallest absolute Gasteiger partial charge is 0.0445 e. The van der Waals surface area contributed by atoms with Crippen molar-refractivity contribution < 1.29 is 0 Å². The van der Waals surface area contributed by atoms with E-state index in [-0.39, 0.29) is 0 Å². The van der Waals surface area contributed by atoms with Crippen molar-refractivity contribution in [3.05, 3.63) is 34.0 Å². The standard InChI is InChI=1S/C27H30S2/c1-3-22(26-10-14-5-15(11-26)7-19(26)6-14)28-20(1)21-2-4-23(29-21)27-12-17-8-16-9-18(13-27)24(17)25(16)27/h1-4,14-19,24-25H,5-13H2. The second-order valence-electron chi connectivity index (χ2n) is 12.4. The van der Waals surface area contributed by atoms with Gasteiger partial charge in [0.1, 0.15) is 0 Å². The monoisotopic (exact) mass is 418 g/mol. The summed E-state index contributed by atoms with van der Waals surface area (Å²) in [6, 6.07) is 10.1. The van der Waals surface area contributed by atoms with Gasteiger partial charge in [-0.2, -0.15) is 0 Å². The second-order valence-corrected chi connectivity index (χ2v) is 14.6. The lowest BCUT2D eigenvalue weighted by Crippen LogP contribution is -2.39. The highest BCUT2D eigenvalue weighted by atomic mass is 32.1. The molecule has 0 radical (unpaired) electrons. The Kier molecular flexibility index (Phi) is 2.72. The van der Waals surface area contributed by atoms with Gasteiger partial charge in [0, 0.05) is 30.3 Å². The molecule has 5 atom stereocenters. The molecule has 2 aromatic rings. The van der Waals surface area contributed by atoms with Gasteiger partial charge in [-0.05, 0) is 129 Å². The van der Waals surface area contributed by atoms with Crippen molar-refractivity contribution in [1.29, 1.82) is 0 Å². The molecule has 2 heteroatoms. The van der Waals surface area contributed by atoms with E-state index >= 15 is 0 Å². The normalized spacial score (nSPS) is 54.6. The molecule has 150 valence electrons. The largest absolute Gasteiger partial charge is 0.139 e. The minimum Gasteiger partial charge on any atom is -0.139 e. The Hall–Kier alpha value is -0.600. The maximum absolute atomic E-state index is 2.57. The summed E-state index contributed by atoms with van der Waals surface area (Å²) in [6.45, 7) is 0. The molecule has 10 rings (SSSR count). The van der Waals surface area contributed by atoms with Crippen molar-refractivity contribution in [3.63, 3.8) is 0 Å². The van der Waals surface area contributed by atoms with Gasteiger partial charge in [0.25, 0.3) is 0 Å². The molecule has 0 nitrogen and oxygen atoms in total. The number of thiophene rings is 2. The first-order valence-corrected chi connectivity index (χ1v) is 14.1. The summed E-state index contributed by atoms with van der Waals surface area (Å²) >= 11 is 4.38. The Balaban J connectivity index is 1.08. The first-order valence-electron chi connectivity index (χ1n) is 12.4. The van der Waals surface area contributed by atoms with E-state index in [1.807, 2.05) is 0 Å². The quantitative estimate of drug-likeness (QED) is 0.484. The zero-order valence-corrected chi connectivity index (χ0v) is 18.7. The summed E-state index contributed by atoms with van der Waals surface area (Å²) in [6.07, 6.45) is 13.9. The second kappa shape index (κ2) is 4.90. The van der Waals surface area contributed by atoms with Crippen LogP contribution in [0.15, 0.2) is 24.3 Å². The van der Waals surface area contributed by atoms with Crippen molar-refractivity contribution >= 4 is 22.7 Å². The lowest BCUT2D eigenvalue weighted by molar-refractivity contribution is 0.110. The predicted octanol–water partition coefficient (Wildman–Crippen LogP) is 7.49. The van der Waals surface area contributed by atoms with Crippen LogP contribution in [0.5, 0.6) is 0 Å². The molecule has 10 bridgehead atoms. The third kappa shape index (κ3) is 1.72. The van der Waals surface area contributed by atoms with Crippen LogP contribution in [0, 0.1) is 47.3 Å².